The van der Waals surface area contributed by atoms with Gasteiger partial charge < -0.3 is 5.43 Å². The summed E-state index contributed by atoms with van der Waals surface area (Å²) < 4.78 is 0. The summed E-state index contributed by atoms with van der Waals surface area (Å²) in [5.74, 6) is 8.10. The number of nitrogens with two attached hydrogens (primary N) is 1. The van der Waals surface area contributed by atoms with E-state index in [4.69, 9.17) is 15.8 Å². The van der Waals surface area contributed by atoms with Crippen molar-refractivity contribution in [3.05, 3.63) is 16.3 Å². The number of hydrogen-bond donors (Lipinski definition) is 2. The zero-order chi connectivity index (χ0) is 13.5. The van der Waals surface area contributed by atoms with Crippen molar-refractivity contribution >= 4 is 27.4 Å². The zero-order valence-electron chi connectivity index (χ0n) is 11.6. The number of rotatable bonds is 2. The summed E-state index contributed by atoms with van der Waals surface area (Å²) in [5, 5.41) is 1.18. The van der Waals surface area contributed by atoms with Crippen LogP contribution >= 0.6 is 11.3 Å². The van der Waals surface area contributed by atoms with Gasteiger partial charge in [-0.15, -0.1) is 11.3 Å². The summed E-state index contributed by atoms with van der Waals surface area (Å²) in [5.41, 5.74) is 4.26. The van der Waals surface area contributed by atoms with Crippen LogP contribution in [0, 0.1) is 0 Å². The number of hydrazine groups is 1. The first-order valence-corrected chi connectivity index (χ1v) is 8.47. The molecule has 2 aromatic rings. The molecule has 0 unspecified atom stereocenters. The molecule has 0 bridgehead atoms. The van der Waals surface area contributed by atoms with Crippen LogP contribution in [0.5, 0.6) is 0 Å². The van der Waals surface area contributed by atoms with Gasteiger partial charge in [0.25, 0.3) is 0 Å². The van der Waals surface area contributed by atoms with Crippen molar-refractivity contribution in [2.45, 2.75) is 57.3 Å². The Balaban J connectivity index is 1.84. The van der Waals surface area contributed by atoms with Crippen molar-refractivity contribution in [1.82, 2.24) is 9.97 Å². The van der Waals surface area contributed by atoms with E-state index in [0.29, 0.717) is 5.92 Å². The summed E-state index contributed by atoms with van der Waals surface area (Å²) in [6, 6.07) is 0. The molecule has 0 radical (unpaired) electrons. The molecule has 20 heavy (non-hydrogen) atoms. The van der Waals surface area contributed by atoms with Gasteiger partial charge in [-0.1, -0.05) is 19.3 Å². The van der Waals surface area contributed by atoms with E-state index in [1.165, 1.54) is 60.8 Å². The molecular weight excluding hydrogens is 268 g/mol. The number of nitrogens with zero attached hydrogens (tertiary/aromatic N) is 2. The smallest absolute Gasteiger partial charge is 0.152 e. The molecule has 0 saturated heterocycles. The van der Waals surface area contributed by atoms with Crippen molar-refractivity contribution in [3.63, 3.8) is 0 Å². The molecular formula is C15H20N4S. The van der Waals surface area contributed by atoms with Crippen LogP contribution in [0.1, 0.15) is 60.7 Å². The molecule has 4 rings (SSSR count). The molecule has 0 aromatic carbocycles. The van der Waals surface area contributed by atoms with Crippen LogP contribution in [0.4, 0.5) is 5.82 Å². The fraction of sp³-hybridized carbons (Fsp3) is 0.600. The molecule has 3 N–H and O–H groups in total. The molecule has 4 nitrogen and oxygen atoms in total. The number of nitrogens with one attached hydrogen (secondary N) is 1. The molecule has 0 aliphatic heterocycles. The van der Waals surface area contributed by atoms with Crippen LogP contribution in [-0.2, 0) is 12.8 Å². The van der Waals surface area contributed by atoms with Gasteiger partial charge in [0.1, 0.15) is 10.7 Å². The third-order valence-corrected chi connectivity index (χ3v) is 5.87. The summed E-state index contributed by atoms with van der Waals surface area (Å²) >= 11 is 1.85. The first-order chi connectivity index (χ1) is 9.86. The topological polar surface area (TPSA) is 63.8 Å². The van der Waals surface area contributed by atoms with E-state index < -0.39 is 0 Å². The Hall–Kier alpha value is -1.20. The highest BCUT2D eigenvalue weighted by molar-refractivity contribution is 7.19. The Morgan fingerprint density at radius 1 is 1.05 bits per heavy atom. The predicted octanol–water partition coefficient (Wildman–Crippen LogP) is 3.51. The maximum absolute atomic E-state index is 5.73. The van der Waals surface area contributed by atoms with Gasteiger partial charge in [0, 0.05) is 10.8 Å². The molecule has 5 heteroatoms. The van der Waals surface area contributed by atoms with E-state index >= 15 is 0 Å². The van der Waals surface area contributed by atoms with Crippen LogP contribution in [0.25, 0.3) is 10.2 Å². The average Bonchev–Trinajstić information content (AvgIpc) is 3.07. The number of nitrogen functional groups attached to an aromatic ring is 1. The predicted molar refractivity (Wildman–Crippen MR) is 83.1 cm³/mol. The molecule has 1 saturated carbocycles. The molecule has 0 amide bonds. The number of hydrogen-bond acceptors (Lipinski definition) is 5. The number of thiophene rings is 1. The van der Waals surface area contributed by atoms with Gasteiger partial charge in [0.15, 0.2) is 5.82 Å². The van der Waals surface area contributed by atoms with E-state index in [1.54, 1.807) is 0 Å². The number of anilines is 1. The van der Waals surface area contributed by atoms with Gasteiger partial charge in [-0.3, -0.25) is 0 Å². The average molecular weight is 288 g/mol. The van der Waals surface area contributed by atoms with Gasteiger partial charge >= 0.3 is 0 Å². The van der Waals surface area contributed by atoms with Crippen molar-refractivity contribution in [2.24, 2.45) is 5.84 Å². The lowest BCUT2D eigenvalue weighted by Gasteiger charge is -2.20. The first kappa shape index (κ1) is 12.5. The largest absolute Gasteiger partial charge is 0.308 e. The Kier molecular flexibility index (Phi) is 3.11. The van der Waals surface area contributed by atoms with Gasteiger partial charge in [0.2, 0.25) is 0 Å². The minimum atomic E-state index is 0.525. The standard InChI is InChI=1S/C15H20N4S/c16-19-14-12-10-7-4-8-11(10)20-15(12)18-13(17-14)9-5-2-1-3-6-9/h9H,1-8,16H2,(H,17,18,19). The minimum Gasteiger partial charge on any atom is -0.308 e. The maximum Gasteiger partial charge on any atom is 0.152 e. The quantitative estimate of drug-likeness (QED) is 0.655. The van der Waals surface area contributed by atoms with Crippen molar-refractivity contribution in [2.75, 3.05) is 5.43 Å². The Labute approximate surface area is 122 Å². The summed E-state index contributed by atoms with van der Waals surface area (Å²) in [6.45, 7) is 0. The fourth-order valence-corrected chi connectivity index (χ4v) is 4.93. The third-order valence-electron chi connectivity index (χ3n) is 4.69. The molecule has 2 heterocycles. The van der Waals surface area contributed by atoms with Gasteiger partial charge in [-0.25, -0.2) is 15.8 Å². The second-order valence-corrected chi connectivity index (χ2v) is 7.03. The van der Waals surface area contributed by atoms with Crippen LogP contribution in [-0.4, -0.2) is 9.97 Å². The van der Waals surface area contributed by atoms with E-state index in [1.807, 2.05) is 11.3 Å². The van der Waals surface area contributed by atoms with Gasteiger partial charge in [-0.2, -0.15) is 0 Å². The highest BCUT2D eigenvalue weighted by atomic mass is 32.1. The van der Waals surface area contributed by atoms with E-state index in [2.05, 4.69) is 5.43 Å². The lowest BCUT2D eigenvalue weighted by molar-refractivity contribution is 0.430. The molecule has 2 aromatic heterocycles. The maximum atomic E-state index is 5.73. The van der Waals surface area contributed by atoms with E-state index in [0.717, 1.165) is 22.9 Å². The van der Waals surface area contributed by atoms with Gasteiger partial charge in [-0.05, 0) is 37.7 Å². The van der Waals surface area contributed by atoms with E-state index in [-0.39, 0.29) is 0 Å². The normalized spacial score (nSPS) is 19.4. The van der Waals surface area contributed by atoms with Gasteiger partial charge in [0.05, 0.1) is 5.39 Å². The highest BCUT2D eigenvalue weighted by Crippen LogP contribution is 2.41. The lowest BCUT2D eigenvalue weighted by Crippen LogP contribution is -2.14. The number of aromatic nitrogens is 2. The van der Waals surface area contributed by atoms with Crippen molar-refractivity contribution in [1.29, 1.82) is 0 Å². The van der Waals surface area contributed by atoms with Crippen molar-refractivity contribution < 1.29 is 0 Å². The molecule has 1 fully saturated rings. The molecule has 2 aliphatic rings. The van der Waals surface area contributed by atoms with Crippen LogP contribution in [0.2, 0.25) is 0 Å². The molecule has 0 spiro atoms. The monoisotopic (exact) mass is 288 g/mol. The molecule has 2 aliphatic carbocycles. The number of aryl methyl sites for hydroxylation is 2. The van der Waals surface area contributed by atoms with Crippen LogP contribution in [0.3, 0.4) is 0 Å². The fourth-order valence-electron chi connectivity index (χ4n) is 3.66. The second kappa shape index (κ2) is 4.97. The SMILES string of the molecule is NNc1nc(C2CCCCC2)nc2sc3c(c12)CCC3. The minimum absolute atomic E-state index is 0.525. The Bertz CT molecular complexity index is 643. The highest BCUT2D eigenvalue weighted by Gasteiger charge is 2.25. The van der Waals surface area contributed by atoms with Crippen LogP contribution in [0.15, 0.2) is 0 Å². The van der Waals surface area contributed by atoms with E-state index in [9.17, 15) is 0 Å². The number of fused-ring (bicyclic) bond motifs is 3. The summed E-state index contributed by atoms with van der Waals surface area (Å²) in [4.78, 5) is 12.3. The third kappa shape index (κ3) is 1.91. The molecule has 106 valence electrons. The Morgan fingerprint density at radius 2 is 1.90 bits per heavy atom. The Morgan fingerprint density at radius 3 is 2.70 bits per heavy atom. The van der Waals surface area contributed by atoms with Crippen molar-refractivity contribution in [3.8, 4) is 0 Å². The first-order valence-electron chi connectivity index (χ1n) is 7.65. The summed E-state index contributed by atoms with van der Waals surface area (Å²) in [6.07, 6.45) is 10.0. The molecule has 0 atom stereocenters. The second-order valence-electron chi connectivity index (χ2n) is 5.95. The zero-order valence-corrected chi connectivity index (χ0v) is 12.4. The van der Waals surface area contributed by atoms with Crippen LogP contribution < -0.4 is 11.3 Å². The lowest BCUT2D eigenvalue weighted by atomic mass is 9.88. The summed E-state index contributed by atoms with van der Waals surface area (Å²) in [7, 11) is 0.